The van der Waals surface area contributed by atoms with Crippen LogP contribution in [0.2, 0.25) is 0 Å². The zero-order valence-electron chi connectivity index (χ0n) is 13.8. The minimum atomic E-state index is -0.0550. The molecule has 2 aromatic rings. The van der Waals surface area contributed by atoms with Crippen molar-refractivity contribution in [3.63, 3.8) is 0 Å². The lowest BCUT2D eigenvalue weighted by Crippen LogP contribution is -2.37. The molecule has 1 atom stereocenters. The van der Waals surface area contributed by atoms with Crippen molar-refractivity contribution in [1.82, 2.24) is 10.6 Å². The van der Waals surface area contributed by atoms with Gasteiger partial charge in [0.15, 0.2) is 0 Å². The van der Waals surface area contributed by atoms with Crippen LogP contribution in [0.5, 0.6) is 5.75 Å². The lowest BCUT2D eigenvalue weighted by molar-refractivity contribution is -0.120. The van der Waals surface area contributed by atoms with Crippen LogP contribution in [0.25, 0.3) is 0 Å². The molecular weight excluding hydrogens is 292 g/mol. The molecular formula is C18H24N2O3. The maximum Gasteiger partial charge on any atom is 0.234 e. The van der Waals surface area contributed by atoms with Gasteiger partial charge in [-0.2, -0.15) is 0 Å². The number of hydrogen-bond acceptors (Lipinski definition) is 4. The molecule has 5 nitrogen and oxygen atoms in total. The zero-order valence-corrected chi connectivity index (χ0v) is 13.8. The van der Waals surface area contributed by atoms with Crippen LogP contribution in [-0.4, -0.2) is 19.6 Å². The summed E-state index contributed by atoms with van der Waals surface area (Å²) in [7, 11) is 1.65. The monoisotopic (exact) mass is 316 g/mol. The van der Waals surface area contributed by atoms with Crippen LogP contribution in [0.15, 0.2) is 47.1 Å². The molecule has 0 bridgehead atoms. The number of hydrogen-bond donors (Lipinski definition) is 2. The van der Waals surface area contributed by atoms with E-state index in [1.807, 2.05) is 30.3 Å². The third kappa shape index (κ3) is 5.14. The fraction of sp³-hybridized carbons (Fsp3) is 0.389. The lowest BCUT2D eigenvalue weighted by atomic mass is 9.96. The number of rotatable bonds is 8. The maximum atomic E-state index is 12.0. The molecule has 1 unspecified atom stereocenters. The standard InChI is InChI=1S/C18H24N2O3/c1-13(2)18(14-6-8-15(22-3)9-7-14)20-12-17(21)19-11-16-5-4-10-23-16/h4-10,13,18,20H,11-12H2,1-3H3,(H,19,21). The number of nitrogens with one attached hydrogen (secondary N) is 2. The highest BCUT2D eigenvalue weighted by molar-refractivity contribution is 5.77. The number of amides is 1. The van der Waals surface area contributed by atoms with E-state index in [4.69, 9.17) is 9.15 Å². The van der Waals surface area contributed by atoms with E-state index >= 15 is 0 Å². The van der Waals surface area contributed by atoms with E-state index in [0.717, 1.165) is 17.1 Å². The smallest absolute Gasteiger partial charge is 0.234 e. The number of furan rings is 1. The van der Waals surface area contributed by atoms with Crippen molar-refractivity contribution in [2.75, 3.05) is 13.7 Å². The molecule has 124 valence electrons. The highest BCUT2D eigenvalue weighted by Gasteiger charge is 2.16. The second-order valence-corrected chi connectivity index (χ2v) is 5.73. The van der Waals surface area contributed by atoms with Crippen molar-refractivity contribution in [2.45, 2.75) is 26.4 Å². The summed E-state index contributed by atoms with van der Waals surface area (Å²) < 4.78 is 10.4. The molecule has 0 aliphatic carbocycles. The van der Waals surface area contributed by atoms with Crippen LogP contribution in [0.3, 0.4) is 0 Å². The van der Waals surface area contributed by atoms with Gasteiger partial charge in [0.05, 0.1) is 26.5 Å². The number of carbonyl (C=O) groups is 1. The molecule has 1 aromatic heterocycles. The van der Waals surface area contributed by atoms with E-state index in [1.54, 1.807) is 19.4 Å². The van der Waals surface area contributed by atoms with Crippen LogP contribution in [0.1, 0.15) is 31.2 Å². The molecule has 0 fully saturated rings. The number of benzene rings is 1. The van der Waals surface area contributed by atoms with Crippen molar-refractivity contribution in [1.29, 1.82) is 0 Å². The van der Waals surface area contributed by atoms with Gasteiger partial charge in [-0.1, -0.05) is 26.0 Å². The first-order valence-electron chi connectivity index (χ1n) is 7.76. The summed E-state index contributed by atoms with van der Waals surface area (Å²) in [5.41, 5.74) is 1.14. The highest BCUT2D eigenvalue weighted by Crippen LogP contribution is 2.23. The van der Waals surface area contributed by atoms with Crippen molar-refractivity contribution >= 4 is 5.91 Å². The highest BCUT2D eigenvalue weighted by atomic mass is 16.5. The Morgan fingerprint density at radius 1 is 1.22 bits per heavy atom. The average Bonchev–Trinajstić information content (AvgIpc) is 3.07. The van der Waals surface area contributed by atoms with Crippen molar-refractivity contribution in [2.24, 2.45) is 5.92 Å². The Bertz CT molecular complexity index is 591. The fourth-order valence-electron chi connectivity index (χ4n) is 2.41. The topological polar surface area (TPSA) is 63.5 Å². The molecule has 0 saturated carbocycles. The molecule has 0 spiro atoms. The first kappa shape index (κ1) is 17.1. The molecule has 5 heteroatoms. The predicted molar refractivity (Wildman–Crippen MR) is 89.1 cm³/mol. The Balaban J connectivity index is 1.87. The first-order chi connectivity index (χ1) is 11.1. The van der Waals surface area contributed by atoms with E-state index in [1.165, 1.54) is 0 Å². The van der Waals surface area contributed by atoms with Crippen molar-refractivity contribution in [3.8, 4) is 5.75 Å². The molecule has 1 aromatic carbocycles. The molecule has 0 radical (unpaired) electrons. The largest absolute Gasteiger partial charge is 0.497 e. The molecule has 23 heavy (non-hydrogen) atoms. The summed E-state index contributed by atoms with van der Waals surface area (Å²) in [6.07, 6.45) is 1.60. The van der Waals surface area contributed by atoms with Gasteiger partial charge in [-0.05, 0) is 35.7 Å². The number of methoxy groups -OCH3 is 1. The van der Waals surface area contributed by atoms with Crippen LogP contribution in [0, 0.1) is 5.92 Å². The van der Waals surface area contributed by atoms with Crippen LogP contribution < -0.4 is 15.4 Å². The summed E-state index contributed by atoms with van der Waals surface area (Å²) in [5, 5.41) is 6.15. The summed E-state index contributed by atoms with van der Waals surface area (Å²) in [5.74, 6) is 1.88. The minimum absolute atomic E-state index is 0.0550. The molecule has 0 saturated heterocycles. The van der Waals surface area contributed by atoms with Crippen molar-refractivity contribution in [3.05, 3.63) is 54.0 Å². The third-order valence-electron chi connectivity index (χ3n) is 3.66. The molecule has 2 N–H and O–H groups in total. The predicted octanol–water partition coefficient (Wildman–Crippen LogP) is 2.89. The van der Waals surface area contributed by atoms with Gasteiger partial charge in [-0.15, -0.1) is 0 Å². The van der Waals surface area contributed by atoms with Gasteiger partial charge in [0.25, 0.3) is 0 Å². The second kappa shape index (κ2) is 8.39. The lowest BCUT2D eigenvalue weighted by Gasteiger charge is -2.23. The molecule has 0 aliphatic heterocycles. The zero-order chi connectivity index (χ0) is 16.7. The van der Waals surface area contributed by atoms with Crippen LogP contribution >= 0.6 is 0 Å². The van der Waals surface area contributed by atoms with Crippen molar-refractivity contribution < 1.29 is 13.9 Å². The van der Waals surface area contributed by atoms with Gasteiger partial charge >= 0.3 is 0 Å². The molecule has 0 aliphatic rings. The Kier molecular flexibility index (Phi) is 6.23. The normalized spacial score (nSPS) is 12.2. The van der Waals surface area contributed by atoms with Crippen LogP contribution in [0.4, 0.5) is 0 Å². The number of ether oxygens (including phenoxy) is 1. The summed E-state index contributed by atoms with van der Waals surface area (Å²) in [6.45, 7) is 4.92. The quantitative estimate of drug-likeness (QED) is 0.786. The molecule has 2 rings (SSSR count). The summed E-state index contributed by atoms with van der Waals surface area (Å²) in [4.78, 5) is 12.0. The number of carbonyl (C=O) groups excluding carboxylic acids is 1. The molecule has 1 amide bonds. The van der Waals surface area contributed by atoms with Gasteiger partial charge < -0.3 is 19.8 Å². The Morgan fingerprint density at radius 3 is 2.52 bits per heavy atom. The Labute approximate surface area is 137 Å². The summed E-state index contributed by atoms with van der Waals surface area (Å²) in [6, 6.07) is 11.7. The first-order valence-corrected chi connectivity index (χ1v) is 7.76. The maximum absolute atomic E-state index is 12.0. The van der Waals surface area contributed by atoms with E-state index in [0.29, 0.717) is 12.5 Å². The minimum Gasteiger partial charge on any atom is -0.497 e. The van der Waals surface area contributed by atoms with Gasteiger partial charge in [-0.25, -0.2) is 0 Å². The van der Waals surface area contributed by atoms with Gasteiger partial charge in [-0.3, -0.25) is 4.79 Å². The van der Waals surface area contributed by atoms with E-state index in [-0.39, 0.29) is 18.5 Å². The SMILES string of the molecule is COc1ccc(C(NCC(=O)NCc2ccco2)C(C)C)cc1. The van der Waals surface area contributed by atoms with Gasteiger partial charge in [0.1, 0.15) is 11.5 Å². The van der Waals surface area contributed by atoms with Gasteiger partial charge in [0, 0.05) is 6.04 Å². The average molecular weight is 316 g/mol. The van der Waals surface area contributed by atoms with Gasteiger partial charge in [0.2, 0.25) is 5.91 Å². The van der Waals surface area contributed by atoms with E-state index in [9.17, 15) is 4.79 Å². The second-order valence-electron chi connectivity index (χ2n) is 5.73. The van der Waals surface area contributed by atoms with E-state index < -0.39 is 0 Å². The van der Waals surface area contributed by atoms with E-state index in [2.05, 4.69) is 24.5 Å². The summed E-state index contributed by atoms with van der Waals surface area (Å²) >= 11 is 0. The Hall–Kier alpha value is -2.27. The van der Waals surface area contributed by atoms with Crippen LogP contribution in [-0.2, 0) is 11.3 Å². The Morgan fingerprint density at radius 2 is 1.96 bits per heavy atom. The molecule has 1 heterocycles. The third-order valence-corrected chi connectivity index (χ3v) is 3.66. The fourth-order valence-corrected chi connectivity index (χ4v) is 2.41.